The fourth-order valence-electron chi connectivity index (χ4n) is 1.10. The van der Waals surface area contributed by atoms with E-state index in [9.17, 15) is 4.79 Å². The Morgan fingerprint density at radius 1 is 1.50 bits per heavy atom. The Morgan fingerprint density at radius 3 is 2.50 bits per heavy atom. The van der Waals surface area contributed by atoms with E-state index in [0.29, 0.717) is 12.3 Å². The van der Waals surface area contributed by atoms with Gasteiger partial charge in [-0.15, -0.1) is 0 Å². The van der Waals surface area contributed by atoms with Crippen molar-refractivity contribution in [3.8, 4) is 0 Å². The van der Waals surface area contributed by atoms with Gasteiger partial charge in [0.15, 0.2) is 0 Å². The molecule has 0 radical (unpaired) electrons. The van der Waals surface area contributed by atoms with Crippen LogP contribution < -0.4 is 0 Å². The fraction of sp³-hybridized carbons (Fsp3) is 0.700. The van der Waals surface area contributed by atoms with Gasteiger partial charge in [0.2, 0.25) is 0 Å². The van der Waals surface area contributed by atoms with Crippen molar-refractivity contribution >= 4 is 5.97 Å². The maximum absolute atomic E-state index is 10.8. The van der Waals surface area contributed by atoms with Crippen LogP contribution in [-0.4, -0.2) is 13.1 Å². The van der Waals surface area contributed by atoms with Crippen LogP contribution in [0.4, 0.5) is 0 Å². The van der Waals surface area contributed by atoms with Crippen LogP contribution in [-0.2, 0) is 9.53 Å². The molecule has 2 nitrogen and oxygen atoms in total. The normalized spacial score (nSPS) is 12.0. The van der Waals surface area contributed by atoms with Gasteiger partial charge in [0.1, 0.15) is 0 Å². The second-order valence-corrected chi connectivity index (χ2v) is 3.34. The number of hydrogen-bond acceptors (Lipinski definition) is 2. The minimum Gasteiger partial charge on any atom is -0.469 e. The molecule has 0 fully saturated rings. The Balaban J connectivity index is 3.64. The molecule has 0 saturated carbocycles. The second-order valence-electron chi connectivity index (χ2n) is 3.34. The molecule has 0 N–H and O–H groups in total. The molecule has 0 aromatic carbocycles. The van der Waals surface area contributed by atoms with Crippen LogP contribution in [0.1, 0.15) is 33.6 Å². The quantitative estimate of drug-likeness (QED) is 0.478. The van der Waals surface area contributed by atoms with Gasteiger partial charge in [-0.05, 0) is 26.2 Å². The van der Waals surface area contributed by atoms with Crippen LogP contribution in [0.5, 0.6) is 0 Å². The highest BCUT2D eigenvalue weighted by Gasteiger charge is 2.03. The van der Waals surface area contributed by atoms with Crippen LogP contribution >= 0.6 is 0 Å². The average Bonchev–Trinajstić information content (AvgIpc) is 1.99. The van der Waals surface area contributed by atoms with E-state index < -0.39 is 0 Å². The molecule has 0 unspecified atom stereocenters. The second kappa shape index (κ2) is 5.81. The summed E-state index contributed by atoms with van der Waals surface area (Å²) >= 11 is 0. The first kappa shape index (κ1) is 11.2. The van der Waals surface area contributed by atoms with Crippen molar-refractivity contribution < 1.29 is 9.53 Å². The standard InChI is InChI=1S/C10H18O2/c1-8(2)7-9(3)5-6-10(11)12-4/h7,9H,5-6H2,1-4H3/t9-/m1/s1. The van der Waals surface area contributed by atoms with Gasteiger partial charge in [0.25, 0.3) is 0 Å². The molecule has 0 rings (SSSR count). The first-order valence-electron chi connectivity index (χ1n) is 4.28. The zero-order valence-corrected chi connectivity index (χ0v) is 8.39. The van der Waals surface area contributed by atoms with Crippen LogP contribution in [0.2, 0.25) is 0 Å². The van der Waals surface area contributed by atoms with E-state index in [-0.39, 0.29) is 5.97 Å². The van der Waals surface area contributed by atoms with Crippen molar-refractivity contribution in [2.24, 2.45) is 5.92 Å². The van der Waals surface area contributed by atoms with Crippen LogP contribution in [0.3, 0.4) is 0 Å². The number of hydrogen-bond donors (Lipinski definition) is 0. The maximum atomic E-state index is 10.8. The third kappa shape index (κ3) is 5.96. The van der Waals surface area contributed by atoms with Crippen molar-refractivity contribution in [1.82, 2.24) is 0 Å². The summed E-state index contributed by atoms with van der Waals surface area (Å²) in [4.78, 5) is 10.8. The molecule has 0 aliphatic heterocycles. The van der Waals surface area contributed by atoms with Gasteiger partial charge in [-0.3, -0.25) is 4.79 Å². The Bertz CT molecular complexity index is 167. The molecule has 0 aliphatic carbocycles. The van der Waals surface area contributed by atoms with Crippen LogP contribution in [0.15, 0.2) is 11.6 Å². The third-order valence-electron chi connectivity index (χ3n) is 1.65. The lowest BCUT2D eigenvalue weighted by molar-refractivity contribution is -0.140. The van der Waals surface area contributed by atoms with E-state index in [2.05, 4.69) is 31.6 Å². The lowest BCUT2D eigenvalue weighted by atomic mass is 10.0. The summed E-state index contributed by atoms with van der Waals surface area (Å²) in [5.74, 6) is 0.345. The van der Waals surface area contributed by atoms with Gasteiger partial charge in [-0.2, -0.15) is 0 Å². The number of carbonyl (C=O) groups excluding carboxylic acids is 1. The molecule has 0 aromatic rings. The molecule has 0 amide bonds. The average molecular weight is 170 g/mol. The monoisotopic (exact) mass is 170 g/mol. The first-order valence-corrected chi connectivity index (χ1v) is 4.28. The predicted molar refractivity (Wildman–Crippen MR) is 49.8 cm³/mol. The number of ether oxygens (including phenoxy) is 1. The Kier molecular flexibility index (Phi) is 5.43. The largest absolute Gasteiger partial charge is 0.469 e. The number of methoxy groups -OCH3 is 1. The molecule has 0 spiro atoms. The zero-order chi connectivity index (χ0) is 9.56. The van der Waals surface area contributed by atoms with Gasteiger partial charge in [-0.1, -0.05) is 18.6 Å². The van der Waals surface area contributed by atoms with Crippen molar-refractivity contribution in [3.05, 3.63) is 11.6 Å². The summed E-state index contributed by atoms with van der Waals surface area (Å²) in [5, 5.41) is 0. The molecule has 70 valence electrons. The molecule has 12 heavy (non-hydrogen) atoms. The Morgan fingerprint density at radius 2 is 2.08 bits per heavy atom. The number of rotatable bonds is 4. The van der Waals surface area contributed by atoms with E-state index >= 15 is 0 Å². The third-order valence-corrected chi connectivity index (χ3v) is 1.65. The number of carbonyl (C=O) groups is 1. The SMILES string of the molecule is COC(=O)CC[C@@H](C)C=C(C)C. The van der Waals surface area contributed by atoms with Crippen molar-refractivity contribution in [1.29, 1.82) is 0 Å². The van der Waals surface area contributed by atoms with Crippen molar-refractivity contribution in [2.75, 3.05) is 7.11 Å². The lowest BCUT2D eigenvalue weighted by Gasteiger charge is -2.05. The van der Waals surface area contributed by atoms with E-state index in [1.807, 2.05) is 0 Å². The summed E-state index contributed by atoms with van der Waals surface area (Å²) in [6, 6.07) is 0. The van der Waals surface area contributed by atoms with Crippen molar-refractivity contribution in [2.45, 2.75) is 33.6 Å². The maximum Gasteiger partial charge on any atom is 0.305 e. The van der Waals surface area contributed by atoms with Gasteiger partial charge in [0.05, 0.1) is 7.11 Å². The van der Waals surface area contributed by atoms with Crippen LogP contribution in [0.25, 0.3) is 0 Å². The molecule has 0 aromatic heterocycles. The molecular weight excluding hydrogens is 152 g/mol. The van der Waals surface area contributed by atoms with E-state index in [1.54, 1.807) is 0 Å². The minimum absolute atomic E-state index is 0.121. The molecule has 0 aliphatic rings. The highest BCUT2D eigenvalue weighted by Crippen LogP contribution is 2.09. The van der Waals surface area contributed by atoms with Crippen molar-refractivity contribution in [3.63, 3.8) is 0 Å². The summed E-state index contributed by atoms with van der Waals surface area (Å²) in [5.41, 5.74) is 1.30. The van der Waals surface area contributed by atoms with Gasteiger partial charge in [0, 0.05) is 6.42 Å². The van der Waals surface area contributed by atoms with Gasteiger partial charge >= 0.3 is 5.97 Å². The zero-order valence-electron chi connectivity index (χ0n) is 8.39. The van der Waals surface area contributed by atoms with E-state index in [1.165, 1.54) is 12.7 Å². The highest BCUT2D eigenvalue weighted by atomic mass is 16.5. The number of allylic oxidation sites excluding steroid dienone is 2. The first-order chi connectivity index (χ1) is 5.56. The summed E-state index contributed by atoms with van der Waals surface area (Å²) in [6.07, 6.45) is 3.56. The number of esters is 1. The van der Waals surface area contributed by atoms with Gasteiger partial charge in [-0.25, -0.2) is 0 Å². The molecular formula is C10H18O2. The van der Waals surface area contributed by atoms with E-state index in [0.717, 1.165) is 6.42 Å². The molecule has 0 bridgehead atoms. The minimum atomic E-state index is -0.121. The Labute approximate surface area is 74.6 Å². The van der Waals surface area contributed by atoms with Gasteiger partial charge < -0.3 is 4.74 Å². The highest BCUT2D eigenvalue weighted by molar-refractivity contribution is 5.69. The molecule has 2 heteroatoms. The van der Waals surface area contributed by atoms with Crippen LogP contribution in [0, 0.1) is 5.92 Å². The topological polar surface area (TPSA) is 26.3 Å². The smallest absolute Gasteiger partial charge is 0.305 e. The van der Waals surface area contributed by atoms with E-state index in [4.69, 9.17) is 0 Å². The summed E-state index contributed by atoms with van der Waals surface area (Å²) in [7, 11) is 1.42. The molecule has 1 atom stereocenters. The summed E-state index contributed by atoms with van der Waals surface area (Å²) in [6.45, 7) is 6.24. The molecule has 0 saturated heterocycles. The molecule has 0 heterocycles. The lowest BCUT2D eigenvalue weighted by Crippen LogP contribution is -2.02. The summed E-state index contributed by atoms with van der Waals surface area (Å²) < 4.78 is 4.55. The fourth-order valence-corrected chi connectivity index (χ4v) is 1.10. The Hall–Kier alpha value is -0.790. The predicted octanol–water partition coefficient (Wildman–Crippen LogP) is 2.54.